The van der Waals surface area contributed by atoms with E-state index in [0.717, 1.165) is 13.1 Å². The average Bonchev–Trinajstić information content (AvgIpc) is 2.46. The summed E-state index contributed by atoms with van der Waals surface area (Å²) in [7, 11) is 3.53. The molecular weight excluding hydrogens is 242 g/mol. The van der Waals surface area contributed by atoms with Gasteiger partial charge in [0.05, 0.1) is 7.11 Å². The van der Waals surface area contributed by atoms with Crippen molar-refractivity contribution < 1.29 is 9.53 Å². The van der Waals surface area contributed by atoms with Crippen molar-refractivity contribution in [2.24, 2.45) is 0 Å². The molecule has 1 aromatic heterocycles. The minimum Gasteiger partial charge on any atom is -0.465 e. The van der Waals surface area contributed by atoms with Gasteiger partial charge in [0.15, 0.2) is 0 Å². The molecule has 2 heterocycles. The number of nitrogens with zero attached hydrogens (tertiary/aromatic N) is 2. The molecule has 1 fully saturated rings. The Kier molecular flexibility index (Phi) is 4.74. The smallest absolute Gasteiger partial charge is 0.341 e. The van der Waals surface area contributed by atoms with Crippen LogP contribution in [0.1, 0.15) is 29.6 Å². The zero-order chi connectivity index (χ0) is 13.7. The van der Waals surface area contributed by atoms with E-state index in [2.05, 4.69) is 22.2 Å². The maximum absolute atomic E-state index is 11.6. The average molecular weight is 263 g/mol. The van der Waals surface area contributed by atoms with E-state index in [4.69, 9.17) is 4.74 Å². The summed E-state index contributed by atoms with van der Waals surface area (Å²) in [6, 6.07) is 3.97. The number of hydrogen-bond acceptors (Lipinski definition) is 5. The molecule has 0 aromatic carbocycles. The predicted octanol–water partition coefficient (Wildman–Crippen LogP) is 1.76. The van der Waals surface area contributed by atoms with Crippen LogP contribution in [0.3, 0.4) is 0 Å². The number of rotatable bonds is 4. The Morgan fingerprint density at radius 1 is 1.58 bits per heavy atom. The van der Waals surface area contributed by atoms with Crippen LogP contribution in [0.4, 0.5) is 5.82 Å². The number of hydrogen-bond donors (Lipinski definition) is 1. The lowest BCUT2D eigenvalue weighted by molar-refractivity contribution is 0.0601. The molecule has 1 aromatic rings. The number of carbonyl (C=O) groups is 1. The van der Waals surface area contributed by atoms with E-state index in [-0.39, 0.29) is 5.97 Å². The van der Waals surface area contributed by atoms with Crippen LogP contribution >= 0.6 is 0 Å². The molecule has 1 aliphatic rings. The first kappa shape index (κ1) is 13.8. The topological polar surface area (TPSA) is 54.5 Å². The summed E-state index contributed by atoms with van der Waals surface area (Å²) in [6.45, 7) is 1.94. The van der Waals surface area contributed by atoms with Gasteiger partial charge in [0.25, 0.3) is 0 Å². The highest BCUT2D eigenvalue weighted by Gasteiger charge is 2.20. The van der Waals surface area contributed by atoms with Crippen LogP contribution in [-0.4, -0.2) is 49.1 Å². The first-order valence-electron chi connectivity index (χ1n) is 6.70. The monoisotopic (exact) mass is 263 g/mol. The van der Waals surface area contributed by atoms with Crippen LogP contribution in [0.25, 0.3) is 0 Å². The van der Waals surface area contributed by atoms with E-state index in [9.17, 15) is 4.79 Å². The van der Waals surface area contributed by atoms with Gasteiger partial charge in [-0.3, -0.25) is 0 Å². The fourth-order valence-corrected chi connectivity index (χ4v) is 2.44. The zero-order valence-corrected chi connectivity index (χ0v) is 11.6. The number of likely N-dealkylation sites (N-methyl/N-ethyl adjacent to an activating group) is 1. The minimum atomic E-state index is -0.354. The molecule has 5 heteroatoms. The number of methoxy groups -OCH3 is 1. The summed E-state index contributed by atoms with van der Waals surface area (Å²) < 4.78 is 4.76. The molecule has 5 nitrogen and oxygen atoms in total. The molecule has 0 bridgehead atoms. The summed E-state index contributed by atoms with van der Waals surface area (Å²) >= 11 is 0. The van der Waals surface area contributed by atoms with E-state index >= 15 is 0 Å². The van der Waals surface area contributed by atoms with Crippen molar-refractivity contribution in [3.05, 3.63) is 23.9 Å². The maximum Gasteiger partial charge on any atom is 0.341 e. The number of esters is 1. The predicted molar refractivity (Wildman–Crippen MR) is 74.3 cm³/mol. The standard InChI is InChI=1S/C14H21N3O2/c1-17-9-4-3-6-11(17)10-16-13-12(14(18)19-2)7-5-8-15-13/h5,7-8,11H,3-4,6,9-10H2,1-2H3,(H,15,16). The van der Waals surface area contributed by atoms with Gasteiger partial charge in [-0.15, -0.1) is 0 Å². The van der Waals surface area contributed by atoms with Crippen molar-refractivity contribution >= 4 is 11.8 Å². The number of ether oxygens (including phenoxy) is 1. The number of nitrogens with one attached hydrogen (secondary N) is 1. The molecule has 0 aliphatic carbocycles. The molecule has 1 saturated heterocycles. The van der Waals surface area contributed by atoms with Gasteiger partial charge in [-0.2, -0.15) is 0 Å². The van der Waals surface area contributed by atoms with Gasteiger partial charge < -0.3 is 15.0 Å². The summed E-state index contributed by atoms with van der Waals surface area (Å²) in [5.74, 6) is 0.251. The highest BCUT2D eigenvalue weighted by Crippen LogP contribution is 2.17. The number of piperidine rings is 1. The lowest BCUT2D eigenvalue weighted by Gasteiger charge is -2.32. The van der Waals surface area contributed by atoms with E-state index in [1.54, 1.807) is 18.3 Å². The third-order valence-electron chi connectivity index (χ3n) is 3.64. The van der Waals surface area contributed by atoms with Crippen molar-refractivity contribution in [2.45, 2.75) is 25.3 Å². The molecule has 0 amide bonds. The first-order valence-corrected chi connectivity index (χ1v) is 6.70. The van der Waals surface area contributed by atoms with Gasteiger partial charge in [-0.25, -0.2) is 9.78 Å². The summed E-state index contributed by atoms with van der Waals surface area (Å²) in [5.41, 5.74) is 0.489. The van der Waals surface area contributed by atoms with E-state index in [1.165, 1.54) is 26.4 Å². The summed E-state index contributed by atoms with van der Waals surface area (Å²) in [4.78, 5) is 18.2. The van der Waals surface area contributed by atoms with Crippen LogP contribution in [0.2, 0.25) is 0 Å². The van der Waals surface area contributed by atoms with Gasteiger partial charge >= 0.3 is 5.97 Å². The highest BCUT2D eigenvalue weighted by molar-refractivity contribution is 5.94. The second-order valence-corrected chi connectivity index (χ2v) is 4.90. The second-order valence-electron chi connectivity index (χ2n) is 4.90. The van der Waals surface area contributed by atoms with Crippen LogP contribution in [0.5, 0.6) is 0 Å². The van der Waals surface area contributed by atoms with Crippen LogP contribution in [0.15, 0.2) is 18.3 Å². The van der Waals surface area contributed by atoms with E-state index in [0.29, 0.717) is 17.4 Å². The normalized spacial score (nSPS) is 20.0. The van der Waals surface area contributed by atoms with Gasteiger partial charge in [0.2, 0.25) is 0 Å². The molecule has 19 heavy (non-hydrogen) atoms. The lowest BCUT2D eigenvalue weighted by atomic mass is 10.0. The Bertz CT molecular complexity index is 436. The van der Waals surface area contributed by atoms with Crippen molar-refractivity contribution in [3.8, 4) is 0 Å². The Morgan fingerprint density at radius 3 is 3.16 bits per heavy atom. The Hall–Kier alpha value is -1.62. The van der Waals surface area contributed by atoms with E-state index < -0.39 is 0 Å². The maximum atomic E-state index is 11.6. The Balaban J connectivity index is 2.01. The largest absolute Gasteiger partial charge is 0.465 e. The summed E-state index contributed by atoms with van der Waals surface area (Å²) in [6.07, 6.45) is 5.40. The van der Waals surface area contributed by atoms with Crippen LogP contribution < -0.4 is 5.32 Å². The number of carbonyl (C=O) groups excluding carboxylic acids is 1. The van der Waals surface area contributed by atoms with Crippen molar-refractivity contribution in [1.29, 1.82) is 0 Å². The molecule has 0 saturated carbocycles. The fourth-order valence-electron chi connectivity index (χ4n) is 2.44. The number of likely N-dealkylation sites (tertiary alicyclic amines) is 1. The van der Waals surface area contributed by atoms with Crippen molar-refractivity contribution in [1.82, 2.24) is 9.88 Å². The molecule has 0 radical (unpaired) electrons. The third-order valence-corrected chi connectivity index (χ3v) is 3.64. The molecule has 1 unspecified atom stereocenters. The minimum absolute atomic E-state index is 0.354. The number of anilines is 1. The number of aromatic nitrogens is 1. The molecular formula is C14H21N3O2. The molecule has 104 valence electrons. The Labute approximate surface area is 114 Å². The van der Waals surface area contributed by atoms with Gasteiger partial charge in [0.1, 0.15) is 11.4 Å². The van der Waals surface area contributed by atoms with Crippen LogP contribution in [0, 0.1) is 0 Å². The van der Waals surface area contributed by atoms with Crippen LogP contribution in [-0.2, 0) is 4.74 Å². The van der Waals surface area contributed by atoms with Crippen molar-refractivity contribution in [2.75, 3.05) is 32.6 Å². The molecule has 1 atom stereocenters. The third kappa shape index (κ3) is 3.44. The molecule has 1 aliphatic heterocycles. The first-order chi connectivity index (χ1) is 9.22. The van der Waals surface area contributed by atoms with Gasteiger partial charge in [-0.1, -0.05) is 6.42 Å². The van der Waals surface area contributed by atoms with Gasteiger partial charge in [0, 0.05) is 18.8 Å². The zero-order valence-electron chi connectivity index (χ0n) is 11.6. The lowest BCUT2D eigenvalue weighted by Crippen LogP contribution is -2.41. The second kappa shape index (κ2) is 6.52. The summed E-state index contributed by atoms with van der Waals surface area (Å²) in [5, 5.41) is 3.28. The molecule has 1 N–H and O–H groups in total. The van der Waals surface area contributed by atoms with E-state index in [1.807, 2.05) is 0 Å². The SMILES string of the molecule is COC(=O)c1cccnc1NCC1CCCCN1C. The van der Waals surface area contributed by atoms with Gasteiger partial charge in [-0.05, 0) is 38.6 Å². The number of pyridine rings is 1. The van der Waals surface area contributed by atoms with Crippen molar-refractivity contribution in [3.63, 3.8) is 0 Å². The highest BCUT2D eigenvalue weighted by atomic mass is 16.5. The quantitative estimate of drug-likeness (QED) is 0.839. The molecule has 2 rings (SSSR count). The Morgan fingerprint density at radius 2 is 2.42 bits per heavy atom. The molecule has 0 spiro atoms. The fraction of sp³-hybridized carbons (Fsp3) is 0.571.